The molecule has 1 aliphatic rings. The van der Waals surface area contributed by atoms with E-state index in [9.17, 15) is 0 Å². The minimum absolute atomic E-state index is 0.129. The van der Waals surface area contributed by atoms with Crippen LogP contribution in [0.1, 0.15) is 25.0 Å². The van der Waals surface area contributed by atoms with Gasteiger partial charge >= 0.3 is 0 Å². The van der Waals surface area contributed by atoms with Crippen molar-refractivity contribution in [2.45, 2.75) is 19.3 Å². The number of rotatable bonds is 4. The molecule has 4 nitrogen and oxygen atoms in total. The number of hydrogen-bond donors (Lipinski definition) is 0. The summed E-state index contributed by atoms with van der Waals surface area (Å²) in [4.78, 5) is 11.0. The van der Waals surface area contributed by atoms with Crippen LogP contribution in [0.5, 0.6) is 0 Å². The number of hydrogen-bond acceptors (Lipinski definition) is 2. The summed E-state index contributed by atoms with van der Waals surface area (Å²) in [6.07, 6.45) is 0. The van der Waals surface area contributed by atoms with E-state index in [0.717, 1.165) is 50.0 Å². The average molecular weight is 779 g/mol. The Balaban J connectivity index is 1.06. The van der Waals surface area contributed by atoms with Crippen molar-refractivity contribution in [3.8, 4) is 45.1 Å². The van der Waals surface area contributed by atoms with E-state index in [1.54, 1.807) is 0 Å². The molecule has 0 saturated carbocycles. The molecular formula is C57H38N4. The van der Waals surface area contributed by atoms with Gasteiger partial charge in [0.1, 0.15) is 0 Å². The van der Waals surface area contributed by atoms with Crippen LogP contribution in [0, 0.1) is 0 Å². The highest BCUT2D eigenvalue weighted by Gasteiger charge is 2.35. The Morgan fingerprint density at radius 3 is 1.79 bits per heavy atom. The van der Waals surface area contributed by atoms with Gasteiger partial charge in [-0.3, -0.25) is 4.57 Å². The fourth-order valence-electron chi connectivity index (χ4n) is 10.3. The zero-order valence-electron chi connectivity index (χ0n) is 33.8. The van der Waals surface area contributed by atoms with Crippen LogP contribution >= 0.6 is 0 Å². The van der Waals surface area contributed by atoms with E-state index in [-0.39, 0.29) is 5.41 Å². The summed E-state index contributed by atoms with van der Waals surface area (Å²) < 4.78 is 4.68. The van der Waals surface area contributed by atoms with Crippen molar-refractivity contribution >= 4 is 65.3 Å². The van der Waals surface area contributed by atoms with E-state index in [1.165, 1.54) is 65.6 Å². The Labute approximate surface area is 352 Å². The van der Waals surface area contributed by atoms with E-state index in [0.29, 0.717) is 5.95 Å². The first kappa shape index (κ1) is 34.1. The molecule has 9 aromatic carbocycles. The van der Waals surface area contributed by atoms with Gasteiger partial charge in [-0.15, -0.1) is 0 Å². The van der Waals surface area contributed by atoms with Crippen LogP contribution in [0.3, 0.4) is 0 Å². The van der Waals surface area contributed by atoms with Crippen molar-refractivity contribution in [2.24, 2.45) is 0 Å². The smallest absolute Gasteiger partial charge is 0.235 e. The first-order valence-corrected chi connectivity index (χ1v) is 21.1. The predicted octanol–water partition coefficient (Wildman–Crippen LogP) is 14.6. The first-order valence-electron chi connectivity index (χ1n) is 21.1. The van der Waals surface area contributed by atoms with E-state index < -0.39 is 0 Å². The second kappa shape index (κ2) is 12.6. The normalized spacial score (nSPS) is 13.2. The lowest BCUT2D eigenvalue weighted by Gasteiger charge is -2.22. The second-order valence-electron chi connectivity index (χ2n) is 17.0. The Kier molecular flexibility index (Phi) is 7.04. The van der Waals surface area contributed by atoms with Crippen molar-refractivity contribution in [1.29, 1.82) is 0 Å². The number of aromatic nitrogens is 4. The van der Waals surface area contributed by atoms with E-state index in [4.69, 9.17) is 9.97 Å². The van der Waals surface area contributed by atoms with Gasteiger partial charge in [-0.05, 0) is 98.8 Å². The number of para-hydroxylation sites is 3. The molecule has 0 amide bonds. The fourth-order valence-corrected chi connectivity index (χ4v) is 10.3. The lowest BCUT2D eigenvalue weighted by molar-refractivity contribution is 0.660. The number of nitrogens with zero attached hydrogens (tertiary/aromatic N) is 4. The van der Waals surface area contributed by atoms with Crippen molar-refractivity contribution in [1.82, 2.24) is 19.1 Å². The van der Waals surface area contributed by atoms with Crippen molar-refractivity contribution in [3.05, 3.63) is 205 Å². The van der Waals surface area contributed by atoms with Gasteiger partial charge in [0.15, 0.2) is 0 Å². The van der Waals surface area contributed by atoms with Crippen LogP contribution in [-0.2, 0) is 5.41 Å². The molecule has 0 fully saturated rings. The molecule has 0 radical (unpaired) electrons. The van der Waals surface area contributed by atoms with Crippen LogP contribution in [0.25, 0.3) is 110 Å². The molecular weight excluding hydrogens is 741 g/mol. The number of fused-ring (bicyclic) bond motifs is 11. The number of benzene rings is 9. The molecule has 1 aliphatic carbocycles. The average Bonchev–Trinajstić information content (AvgIpc) is 3.89. The van der Waals surface area contributed by atoms with Gasteiger partial charge in [-0.25, -0.2) is 9.97 Å². The van der Waals surface area contributed by atoms with Crippen molar-refractivity contribution < 1.29 is 0 Å². The third-order valence-electron chi connectivity index (χ3n) is 13.3. The van der Waals surface area contributed by atoms with Gasteiger partial charge in [-0.2, -0.15) is 0 Å². The molecule has 0 N–H and O–H groups in total. The molecule has 0 unspecified atom stereocenters. The van der Waals surface area contributed by atoms with E-state index >= 15 is 0 Å². The molecule has 61 heavy (non-hydrogen) atoms. The monoisotopic (exact) mass is 778 g/mol. The maximum absolute atomic E-state index is 5.58. The maximum atomic E-state index is 5.58. The standard InChI is InChI=1S/C57H38N4/c1-57(2)48-21-11-8-18-41(48)42-27-26-39(31-49(42)57)55-46-20-9-12-22-50(46)58-56(59-55)61-53-34-38(25-29-45(53)47-30-35-14-6-7-15-36(35)32-54(47)61)37-24-28-44-43-19-10-13-23-51(43)60(52(44)33-37)40-16-4-3-5-17-40/h3-34H,1-2H3. The SMILES string of the molecule is CC1(C)c2ccccc2-c2ccc(-c3nc(-n4c5cc(-c6ccc7c8ccccc8n(-c8ccccc8)c7c6)ccc5c5cc6ccccc6cc54)nc4ccccc34)cc21. The van der Waals surface area contributed by atoms with Gasteiger partial charge in [-0.1, -0.05) is 153 Å². The molecule has 0 atom stereocenters. The summed E-state index contributed by atoms with van der Waals surface area (Å²) in [5.74, 6) is 0.656. The Bertz CT molecular complexity index is 3790. The summed E-state index contributed by atoms with van der Waals surface area (Å²) in [6.45, 7) is 4.67. The van der Waals surface area contributed by atoms with Gasteiger partial charge < -0.3 is 4.57 Å². The zero-order valence-corrected chi connectivity index (χ0v) is 33.8. The largest absolute Gasteiger partial charge is 0.309 e. The topological polar surface area (TPSA) is 35.6 Å². The predicted molar refractivity (Wildman–Crippen MR) is 254 cm³/mol. The maximum Gasteiger partial charge on any atom is 0.235 e. The van der Waals surface area contributed by atoms with Crippen molar-refractivity contribution in [3.63, 3.8) is 0 Å². The molecule has 286 valence electrons. The van der Waals surface area contributed by atoms with Gasteiger partial charge in [0.2, 0.25) is 5.95 Å². The van der Waals surface area contributed by atoms with Crippen LogP contribution in [0.15, 0.2) is 194 Å². The summed E-state index contributed by atoms with van der Waals surface area (Å²) in [5.41, 5.74) is 16.1. The molecule has 13 rings (SSSR count). The van der Waals surface area contributed by atoms with Crippen LogP contribution < -0.4 is 0 Å². The van der Waals surface area contributed by atoms with Gasteiger partial charge in [0.25, 0.3) is 0 Å². The zero-order chi connectivity index (χ0) is 40.4. The highest BCUT2D eigenvalue weighted by atomic mass is 15.2. The Morgan fingerprint density at radius 1 is 0.377 bits per heavy atom. The van der Waals surface area contributed by atoms with E-state index in [1.807, 2.05) is 0 Å². The highest BCUT2D eigenvalue weighted by Crippen LogP contribution is 2.50. The van der Waals surface area contributed by atoms with Gasteiger partial charge in [0, 0.05) is 43.6 Å². The van der Waals surface area contributed by atoms with Crippen molar-refractivity contribution in [2.75, 3.05) is 0 Å². The third-order valence-corrected chi connectivity index (χ3v) is 13.3. The third kappa shape index (κ3) is 4.93. The van der Waals surface area contributed by atoms with Crippen LogP contribution in [0.4, 0.5) is 0 Å². The van der Waals surface area contributed by atoms with Gasteiger partial charge in [0.05, 0.1) is 33.3 Å². The van der Waals surface area contributed by atoms with E-state index in [2.05, 4.69) is 217 Å². The minimum atomic E-state index is -0.129. The molecule has 0 spiro atoms. The lowest BCUT2D eigenvalue weighted by Crippen LogP contribution is -2.15. The Morgan fingerprint density at radius 2 is 0.967 bits per heavy atom. The summed E-state index contributed by atoms with van der Waals surface area (Å²) in [5, 5.41) is 8.25. The summed E-state index contributed by atoms with van der Waals surface area (Å²) in [7, 11) is 0. The molecule has 3 aromatic heterocycles. The first-order chi connectivity index (χ1) is 30.0. The molecule has 3 heterocycles. The molecule has 0 bridgehead atoms. The highest BCUT2D eigenvalue weighted by molar-refractivity contribution is 6.15. The fraction of sp³-hybridized carbons (Fsp3) is 0.0526. The Hall–Kier alpha value is -7.82. The molecule has 0 saturated heterocycles. The van der Waals surface area contributed by atoms with Crippen LogP contribution in [-0.4, -0.2) is 19.1 Å². The second-order valence-corrected chi connectivity index (χ2v) is 17.0. The lowest BCUT2D eigenvalue weighted by atomic mass is 9.82. The van der Waals surface area contributed by atoms with Crippen LogP contribution in [0.2, 0.25) is 0 Å². The quantitative estimate of drug-likeness (QED) is 0.178. The molecule has 12 aromatic rings. The summed E-state index contributed by atoms with van der Waals surface area (Å²) in [6, 6.07) is 70.6. The minimum Gasteiger partial charge on any atom is -0.309 e. The summed E-state index contributed by atoms with van der Waals surface area (Å²) >= 11 is 0. The molecule has 4 heteroatoms. The molecule has 0 aliphatic heterocycles.